The molecule has 7 heteroatoms. The van der Waals surface area contributed by atoms with Crippen LogP contribution >= 0.6 is 0 Å². The molecule has 1 atom stereocenters. The average molecular weight is 284 g/mol. The summed E-state index contributed by atoms with van der Waals surface area (Å²) in [5, 5.41) is 3.19. The van der Waals surface area contributed by atoms with Crippen molar-refractivity contribution in [2.75, 3.05) is 32.7 Å². The summed E-state index contributed by atoms with van der Waals surface area (Å²) in [5.41, 5.74) is 0.996. The Kier molecular flexibility index (Phi) is 3.62. The van der Waals surface area contributed by atoms with Crippen molar-refractivity contribution in [3.8, 4) is 0 Å². The number of nitrogens with one attached hydrogen (secondary N) is 2. The van der Waals surface area contributed by atoms with Crippen LogP contribution in [0.5, 0.6) is 0 Å². The molecule has 0 amide bonds. The Morgan fingerprint density at radius 2 is 2.00 bits per heavy atom. The zero-order chi connectivity index (χ0) is 13.3. The third kappa shape index (κ3) is 2.43. The van der Waals surface area contributed by atoms with E-state index < -0.39 is 10.2 Å². The molecule has 0 bridgehead atoms. The number of rotatable bonds is 3. The highest BCUT2D eigenvalue weighted by atomic mass is 32.2. The highest BCUT2D eigenvalue weighted by Gasteiger charge is 2.39. The molecule has 106 valence electrons. The normalized spacial score (nSPS) is 26.8. The SMILES string of the molecule is O=S(=O)(N1CCNCC1)N1CCCC1c1ccc[nH]1. The topological polar surface area (TPSA) is 68.4 Å². The largest absolute Gasteiger partial charge is 0.364 e. The molecule has 0 spiro atoms. The van der Waals surface area contributed by atoms with Gasteiger partial charge in [0.2, 0.25) is 0 Å². The number of aromatic nitrogens is 1. The number of H-pyrrole nitrogens is 1. The Hall–Kier alpha value is -0.890. The van der Waals surface area contributed by atoms with Crippen molar-refractivity contribution in [2.24, 2.45) is 0 Å². The van der Waals surface area contributed by atoms with Gasteiger partial charge in [-0.05, 0) is 25.0 Å². The standard InChI is InChI=1S/C12H20N4O2S/c17-19(18,15-9-6-13-7-10-15)16-8-2-4-12(16)11-3-1-5-14-11/h1,3,5,12-14H,2,4,6-10H2. The molecule has 3 heterocycles. The van der Waals surface area contributed by atoms with Crippen LogP contribution in [0.1, 0.15) is 24.6 Å². The Morgan fingerprint density at radius 1 is 1.21 bits per heavy atom. The fraction of sp³-hybridized carbons (Fsp3) is 0.667. The van der Waals surface area contributed by atoms with Gasteiger partial charge in [-0.3, -0.25) is 0 Å². The lowest BCUT2D eigenvalue weighted by Gasteiger charge is -2.33. The van der Waals surface area contributed by atoms with Gasteiger partial charge in [-0.15, -0.1) is 0 Å². The second kappa shape index (κ2) is 5.24. The third-order valence-electron chi connectivity index (χ3n) is 3.88. The van der Waals surface area contributed by atoms with E-state index in [4.69, 9.17) is 0 Å². The maximum absolute atomic E-state index is 12.7. The van der Waals surface area contributed by atoms with Crippen LogP contribution < -0.4 is 5.32 Å². The lowest BCUT2D eigenvalue weighted by atomic mass is 10.2. The minimum atomic E-state index is -3.33. The molecule has 0 saturated carbocycles. The molecule has 1 unspecified atom stereocenters. The number of piperazine rings is 1. The summed E-state index contributed by atoms with van der Waals surface area (Å²) in [6, 6.07) is 3.86. The van der Waals surface area contributed by atoms with Crippen LogP contribution in [0, 0.1) is 0 Å². The first-order valence-corrected chi connectivity index (χ1v) is 8.20. The highest BCUT2D eigenvalue weighted by molar-refractivity contribution is 7.86. The first-order valence-electron chi connectivity index (χ1n) is 6.80. The fourth-order valence-corrected chi connectivity index (χ4v) is 4.74. The van der Waals surface area contributed by atoms with Crippen molar-refractivity contribution >= 4 is 10.2 Å². The van der Waals surface area contributed by atoms with Crippen LogP contribution in [0.3, 0.4) is 0 Å². The van der Waals surface area contributed by atoms with E-state index in [1.54, 1.807) is 8.61 Å². The molecule has 1 aromatic heterocycles. The first kappa shape index (κ1) is 13.1. The van der Waals surface area contributed by atoms with Crippen LogP contribution in [-0.2, 0) is 10.2 Å². The Morgan fingerprint density at radius 3 is 2.68 bits per heavy atom. The second-order valence-electron chi connectivity index (χ2n) is 5.05. The predicted octanol–water partition coefficient (Wildman–Crippen LogP) is 0.302. The predicted molar refractivity (Wildman–Crippen MR) is 72.8 cm³/mol. The summed E-state index contributed by atoms with van der Waals surface area (Å²) in [4.78, 5) is 3.15. The van der Waals surface area contributed by atoms with Crippen LogP contribution in [0.2, 0.25) is 0 Å². The van der Waals surface area contributed by atoms with Crippen LogP contribution in [0.4, 0.5) is 0 Å². The molecule has 3 rings (SSSR count). The summed E-state index contributed by atoms with van der Waals surface area (Å²) in [7, 11) is -3.33. The molecule has 0 aromatic carbocycles. The van der Waals surface area contributed by atoms with E-state index in [0.29, 0.717) is 19.6 Å². The fourth-order valence-electron chi connectivity index (χ4n) is 2.90. The average Bonchev–Trinajstić information content (AvgIpc) is 3.10. The van der Waals surface area contributed by atoms with Crippen molar-refractivity contribution < 1.29 is 8.42 Å². The van der Waals surface area contributed by atoms with E-state index in [9.17, 15) is 8.42 Å². The highest BCUT2D eigenvalue weighted by Crippen LogP contribution is 2.34. The quantitative estimate of drug-likeness (QED) is 0.839. The summed E-state index contributed by atoms with van der Waals surface area (Å²) in [5.74, 6) is 0. The van der Waals surface area contributed by atoms with E-state index >= 15 is 0 Å². The number of hydrogen-bond acceptors (Lipinski definition) is 3. The zero-order valence-electron chi connectivity index (χ0n) is 10.9. The maximum atomic E-state index is 12.7. The molecule has 2 N–H and O–H groups in total. The number of aromatic amines is 1. The van der Waals surface area contributed by atoms with Gasteiger partial charge < -0.3 is 10.3 Å². The first-order chi connectivity index (χ1) is 9.19. The molecule has 0 radical (unpaired) electrons. The van der Waals surface area contributed by atoms with Gasteiger partial charge in [-0.25, -0.2) is 0 Å². The van der Waals surface area contributed by atoms with Crippen molar-refractivity contribution in [1.82, 2.24) is 18.9 Å². The molecular formula is C12H20N4O2S. The van der Waals surface area contributed by atoms with Crippen LogP contribution in [0.15, 0.2) is 18.3 Å². The molecule has 19 heavy (non-hydrogen) atoms. The van der Waals surface area contributed by atoms with Crippen LogP contribution in [-0.4, -0.2) is 54.7 Å². The number of hydrogen-bond donors (Lipinski definition) is 2. The van der Waals surface area contributed by atoms with Gasteiger partial charge in [0.05, 0.1) is 6.04 Å². The van der Waals surface area contributed by atoms with E-state index in [1.807, 2.05) is 18.3 Å². The van der Waals surface area contributed by atoms with Crippen LogP contribution in [0.25, 0.3) is 0 Å². The second-order valence-corrected chi connectivity index (χ2v) is 6.93. The summed E-state index contributed by atoms with van der Waals surface area (Å²) < 4.78 is 28.7. The molecule has 2 aliphatic rings. The molecule has 2 aliphatic heterocycles. The van der Waals surface area contributed by atoms with Gasteiger partial charge >= 0.3 is 0 Å². The lowest BCUT2D eigenvalue weighted by molar-refractivity contribution is 0.303. The summed E-state index contributed by atoms with van der Waals surface area (Å²) >= 11 is 0. The van der Waals surface area contributed by atoms with Crippen molar-refractivity contribution in [3.05, 3.63) is 24.0 Å². The van der Waals surface area contributed by atoms with Crippen molar-refractivity contribution in [2.45, 2.75) is 18.9 Å². The van der Waals surface area contributed by atoms with E-state index in [-0.39, 0.29) is 6.04 Å². The van der Waals surface area contributed by atoms with Gasteiger partial charge in [-0.2, -0.15) is 17.0 Å². The molecular weight excluding hydrogens is 264 g/mol. The number of nitrogens with zero attached hydrogens (tertiary/aromatic N) is 2. The molecule has 2 saturated heterocycles. The summed E-state index contributed by atoms with van der Waals surface area (Å²) in [6.07, 6.45) is 3.67. The third-order valence-corrected chi connectivity index (χ3v) is 5.93. The smallest absolute Gasteiger partial charge is 0.282 e. The van der Waals surface area contributed by atoms with Gasteiger partial charge in [-0.1, -0.05) is 0 Å². The molecule has 1 aromatic rings. The van der Waals surface area contributed by atoms with E-state index in [0.717, 1.165) is 31.6 Å². The monoisotopic (exact) mass is 284 g/mol. The molecule has 2 fully saturated rings. The zero-order valence-corrected chi connectivity index (χ0v) is 11.7. The maximum Gasteiger partial charge on any atom is 0.282 e. The Labute approximate surface area is 114 Å². The van der Waals surface area contributed by atoms with Gasteiger partial charge in [0.25, 0.3) is 10.2 Å². The lowest BCUT2D eigenvalue weighted by Crippen LogP contribution is -2.51. The summed E-state index contributed by atoms with van der Waals surface area (Å²) in [6.45, 7) is 3.23. The van der Waals surface area contributed by atoms with E-state index in [1.165, 1.54) is 0 Å². The van der Waals surface area contributed by atoms with Gasteiger partial charge in [0.15, 0.2) is 0 Å². The molecule has 0 aliphatic carbocycles. The van der Waals surface area contributed by atoms with E-state index in [2.05, 4.69) is 10.3 Å². The van der Waals surface area contributed by atoms with Crippen molar-refractivity contribution in [1.29, 1.82) is 0 Å². The molecule has 6 nitrogen and oxygen atoms in total. The van der Waals surface area contributed by atoms with Crippen molar-refractivity contribution in [3.63, 3.8) is 0 Å². The Balaban J connectivity index is 1.83. The minimum absolute atomic E-state index is 0.0325. The Bertz CT molecular complexity index is 508. The minimum Gasteiger partial charge on any atom is -0.364 e. The van der Waals surface area contributed by atoms with Gasteiger partial charge in [0, 0.05) is 44.6 Å². The van der Waals surface area contributed by atoms with Gasteiger partial charge in [0.1, 0.15) is 0 Å².